The van der Waals surface area contributed by atoms with Crippen LogP contribution in [0.25, 0.3) is 0 Å². The molecule has 2 aliphatic heterocycles. The Kier molecular flexibility index (Phi) is 16.3. The van der Waals surface area contributed by atoms with Crippen LogP contribution in [0.5, 0.6) is 0 Å². The number of carbonyl (C=O) groups excluding carboxylic acids is 4. The summed E-state index contributed by atoms with van der Waals surface area (Å²) in [6, 6.07) is 0. The lowest BCUT2D eigenvalue weighted by molar-refractivity contribution is -0.320. The lowest BCUT2D eigenvalue weighted by Crippen LogP contribution is -2.60. The molecule has 2 fully saturated rings. The number of methoxy groups -OCH3 is 1. The molecule has 0 aromatic heterocycles. The summed E-state index contributed by atoms with van der Waals surface area (Å²) in [5.41, 5.74) is 8.77. The zero-order chi connectivity index (χ0) is 39.2. The summed E-state index contributed by atoms with van der Waals surface area (Å²) in [5, 5.41) is 11.9. The highest BCUT2D eigenvalue weighted by molar-refractivity contribution is 5.83. The Morgan fingerprint density at radius 3 is 2.20 bits per heavy atom. The van der Waals surface area contributed by atoms with Gasteiger partial charge in [0.1, 0.15) is 11.9 Å². The number of hydrogen-bond acceptors (Lipinski definition) is 14. The first kappa shape index (κ1) is 44.8. The number of aliphatic hydroxyl groups excluding tert-OH is 1. The third kappa shape index (κ3) is 11.1. The first-order valence-corrected chi connectivity index (χ1v) is 18.0. The number of cyclic esters (lactones) is 1. The molecule has 0 aromatic carbocycles. The molecule has 2 aliphatic rings. The van der Waals surface area contributed by atoms with Crippen LogP contribution in [0.2, 0.25) is 0 Å². The number of ketones is 1. The van der Waals surface area contributed by atoms with E-state index in [2.05, 4.69) is 0 Å². The van der Waals surface area contributed by atoms with Crippen molar-refractivity contribution in [1.29, 1.82) is 0 Å². The second kappa shape index (κ2) is 18.6. The Bertz CT molecular complexity index is 1190. The SMILES string of the molecule is CC[C@H]1OC(=O)[C@H](C)[C@@H](O)[C@H](C)[C@@H](O[C@@H]2O[C@H](C)C[C@H](CN(C)C)[C@H]2OC(C)=O)[C@](C)(O[C@H](N)OC)C[C@@H](C)C(=O)[C@H](C)[C@@H](C)[C@]1(C)OC(N)=O. The van der Waals surface area contributed by atoms with Gasteiger partial charge >= 0.3 is 18.0 Å². The van der Waals surface area contributed by atoms with E-state index >= 15 is 0 Å². The number of esters is 2. The van der Waals surface area contributed by atoms with Crippen molar-refractivity contribution in [2.24, 2.45) is 47.0 Å². The minimum atomic E-state index is -1.49. The highest BCUT2D eigenvalue weighted by atomic mass is 16.7. The first-order chi connectivity index (χ1) is 23.5. The van der Waals surface area contributed by atoms with Gasteiger partial charge in [-0.3, -0.25) is 20.1 Å². The Morgan fingerprint density at radius 1 is 1.08 bits per heavy atom. The van der Waals surface area contributed by atoms with Gasteiger partial charge in [-0.1, -0.05) is 34.6 Å². The molecule has 15 heteroatoms. The van der Waals surface area contributed by atoms with Gasteiger partial charge in [0, 0.05) is 50.2 Å². The van der Waals surface area contributed by atoms with Crippen LogP contribution in [0.3, 0.4) is 0 Å². The van der Waals surface area contributed by atoms with Crippen LogP contribution in [0.15, 0.2) is 0 Å². The highest BCUT2D eigenvalue weighted by Crippen LogP contribution is 2.42. The molecule has 5 N–H and O–H groups in total. The maximum atomic E-state index is 14.3. The van der Waals surface area contributed by atoms with Crippen LogP contribution in [-0.2, 0) is 47.5 Å². The summed E-state index contributed by atoms with van der Waals surface area (Å²) in [4.78, 5) is 54.7. The maximum Gasteiger partial charge on any atom is 0.405 e. The molecule has 0 aromatic rings. The van der Waals surface area contributed by atoms with Gasteiger partial charge in [0.05, 0.1) is 29.8 Å². The Hall–Kier alpha value is -2.40. The van der Waals surface area contributed by atoms with Crippen LogP contribution in [0.1, 0.15) is 88.5 Å². The van der Waals surface area contributed by atoms with Crippen molar-refractivity contribution in [2.45, 2.75) is 143 Å². The van der Waals surface area contributed by atoms with Crippen LogP contribution in [0, 0.1) is 35.5 Å². The molecule has 2 saturated heterocycles. The Balaban J connectivity index is 2.82. The zero-order valence-electron chi connectivity index (χ0n) is 32.9. The van der Waals surface area contributed by atoms with E-state index in [9.17, 15) is 24.3 Å². The number of carbonyl (C=O) groups is 4. The van der Waals surface area contributed by atoms with Crippen LogP contribution in [-0.4, -0.2) is 116 Å². The standard InChI is InChI=1S/C36H65N3O12/c1-14-26-36(10,50-33(37)44)23(7)20(4)27(41)18(2)16-35(9,51-34(38)45-13)30(21(5)28(42)22(6)31(43)48-26)49-32-29(47-24(8)40)25(17-39(11)12)15-19(3)46-32/h18-23,25-26,28-30,32,34,42H,14-17,38H2,1-13H3,(H2,37,44)/t18-,19-,20-,21+,22-,23-,25-,26-,28+,29-,30-,32+,34-,35-,36+/m1/s1. The highest BCUT2D eigenvalue weighted by Gasteiger charge is 2.53. The smallest absolute Gasteiger partial charge is 0.405 e. The van der Waals surface area contributed by atoms with Gasteiger partial charge in [-0.15, -0.1) is 0 Å². The number of nitrogens with zero attached hydrogens (tertiary/aromatic N) is 1. The molecule has 15 nitrogen and oxygen atoms in total. The van der Waals surface area contributed by atoms with Crippen molar-refractivity contribution in [3.63, 3.8) is 0 Å². The lowest BCUT2D eigenvalue weighted by atomic mass is 9.71. The number of aliphatic hydroxyl groups is 1. The largest absolute Gasteiger partial charge is 0.458 e. The average molecular weight is 732 g/mol. The molecular formula is C36H65N3O12. The predicted molar refractivity (Wildman–Crippen MR) is 187 cm³/mol. The number of rotatable bonds is 10. The maximum absolute atomic E-state index is 14.3. The zero-order valence-corrected chi connectivity index (χ0v) is 32.9. The van der Waals surface area contributed by atoms with E-state index in [1.54, 1.807) is 48.5 Å². The normalized spacial score (nSPS) is 40.9. The molecule has 0 aliphatic carbocycles. The van der Waals surface area contributed by atoms with Gasteiger partial charge in [0.2, 0.25) is 6.41 Å². The number of primary amides is 1. The predicted octanol–water partition coefficient (Wildman–Crippen LogP) is 2.97. The van der Waals surface area contributed by atoms with E-state index in [4.69, 9.17) is 44.6 Å². The molecule has 2 rings (SSSR count). The van der Waals surface area contributed by atoms with E-state index in [-0.39, 0.29) is 30.6 Å². The number of nitrogens with two attached hydrogens (primary N) is 2. The third-order valence-corrected chi connectivity index (χ3v) is 10.9. The van der Waals surface area contributed by atoms with Gasteiger partial charge in [-0.25, -0.2) is 4.79 Å². The first-order valence-electron chi connectivity index (χ1n) is 18.0. The second-order valence-electron chi connectivity index (χ2n) is 15.4. The molecule has 0 unspecified atom stereocenters. The Labute approximate surface area is 303 Å². The molecule has 1 amide bonds. The van der Waals surface area contributed by atoms with Gasteiger partial charge in [-0.05, 0) is 61.1 Å². The van der Waals surface area contributed by atoms with Crippen molar-refractivity contribution in [3.05, 3.63) is 0 Å². The van der Waals surface area contributed by atoms with Crippen molar-refractivity contribution in [3.8, 4) is 0 Å². The molecule has 0 radical (unpaired) electrons. The molecule has 51 heavy (non-hydrogen) atoms. The molecule has 2 heterocycles. The van der Waals surface area contributed by atoms with E-state index in [0.717, 1.165) is 0 Å². The van der Waals surface area contributed by atoms with E-state index < -0.39 is 95.9 Å². The number of Topliss-reactive ketones (excluding diaryl/α,β-unsaturated/α-hetero) is 1. The summed E-state index contributed by atoms with van der Waals surface area (Å²) >= 11 is 0. The van der Waals surface area contributed by atoms with Crippen molar-refractivity contribution < 1.29 is 57.4 Å². The van der Waals surface area contributed by atoms with E-state index in [0.29, 0.717) is 13.0 Å². The molecule has 0 bridgehead atoms. The van der Waals surface area contributed by atoms with E-state index in [1.807, 2.05) is 25.9 Å². The molecule has 0 saturated carbocycles. The van der Waals surface area contributed by atoms with Gasteiger partial charge in [0.15, 0.2) is 18.0 Å². The summed E-state index contributed by atoms with van der Waals surface area (Å²) < 4.78 is 42.3. The molecular weight excluding hydrogens is 666 g/mol. The van der Waals surface area contributed by atoms with E-state index in [1.165, 1.54) is 21.0 Å². The van der Waals surface area contributed by atoms with Crippen LogP contribution >= 0.6 is 0 Å². The van der Waals surface area contributed by atoms with Crippen LogP contribution < -0.4 is 11.5 Å². The topological polar surface area (TPSA) is 208 Å². The van der Waals surface area contributed by atoms with Crippen molar-refractivity contribution in [2.75, 3.05) is 27.7 Å². The summed E-state index contributed by atoms with van der Waals surface area (Å²) in [6.45, 7) is 17.2. The minimum absolute atomic E-state index is 0.0206. The summed E-state index contributed by atoms with van der Waals surface area (Å²) in [5.74, 6) is -5.78. The molecule has 15 atom stereocenters. The number of hydrogen-bond donors (Lipinski definition) is 3. The fourth-order valence-electron chi connectivity index (χ4n) is 7.95. The van der Waals surface area contributed by atoms with Crippen molar-refractivity contribution >= 4 is 23.8 Å². The monoisotopic (exact) mass is 731 g/mol. The lowest BCUT2D eigenvalue weighted by Gasteiger charge is -2.49. The number of ether oxygens (including phenoxy) is 7. The average Bonchev–Trinajstić information content (AvgIpc) is 3.03. The van der Waals surface area contributed by atoms with Crippen LogP contribution in [0.4, 0.5) is 4.79 Å². The fourth-order valence-corrected chi connectivity index (χ4v) is 7.95. The summed E-state index contributed by atoms with van der Waals surface area (Å²) in [7, 11) is 5.20. The minimum Gasteiger partial charge on any atom is -0.458 e. The van der Waals surface area contributed by atoms with Crippen molar-refractivity contribution in [1.82, 2.24) is 4.90 Å². The van der Waals surface area contributed by atoms with Gasteiger partial charge < -0.3 is 48.9 Å². The number of amides is 1. The quantitative estimate of drug-likeness (QED) is 0.168. The molecule has 296 valence electrons. The Morgan fingerprint density at radius 2 is 1.69 bits per heavy atom. The molecule has 0 spiro atoms. The van der Waals surface area contributed by atoms with Gasteiger partial charge in [-0.2, -0.15) is 0 Å². The fraction of sp³-hybridized carbons (Fsp3) is 0.889. The van der Waals surface area contributed by atoms with Gasteiger partial charge in [0.25, 0.3) is 0 Å². The summed E-state index contributed by atoms with van der Waals surface area (Å²) in [6.07, 6.45) is -7.29. The second-order valence-corrected chi connectivity index (χ2v) is 15.4. The third-order valence-electron chi connectivity index (χ3n) is 10.9.